The average molecular weight is 489 g/mol. The van der Waals surface area contributed by atoms with E-state index in [4.69, 9.17) is 0 Å². The molecule has 0 atom stereocenters. The minimum Gasteiger partial charge on any atom is -0.385 e. The molecule has 8 nitrogen and oxygen atoms in total. The summed E-state index contributed by atoms with van der Waals surface area (Å²) in [6.45, 7) is 3.39. The molecule has 1 aliphatic rings. The first-order valence-electron chi connectivity index (χ1n) is 10.9. The first-order chi connectivity index (χ1) is 15.8. The molecule has 1 aromatic heterocycles. The van der Waals surface area contributed by atoms with Gasteiger partial charge in [0.15, 0.2) is 0 Å². The maximum Gasteiger partial charge on any atom is 0.240 e. The zero-order valence-corrected chi connectivity index (χ0v) is 20.1. The van der Waals surface area contributed by atoms with Crippen LogP contribution in [0, 0.1) is 12.8 Å². The molecule has 0 amide bonds. The van der Waals surface area contributed by atoms with Crippen LogP contribution in [0.25, 0.3) is 0 Å². The highest BCUT2D eigenvalue weighted by atomic mass is 32.2. The first-order valence-corrected chi connectivity index (χ1v) is 13.9. The summed E-state index contributed by atoms with van der Waals surface area (Å²) in [5, 5.41) is 3.31. The molecule has 1 saturated carbocycles. The van der Waals surface area contributed by atoms with Crippen molar-refractivity contribution in [2.45, 2.75) is 47.4 Å². The van der Waals surface area contributed by atoms with Crippen molar-refractivity contribution in [1.29, 1.82) is 0 Å². The normalized spacial score (nSPS) is 14.3. The number of hydrogen-bond donors (Lipinski definition) is 2. The highest BCUT2D eigenvalue weighted by Crippen LogP contribution is 2.30. The van der Waals surface area contributed by atoms with Crippen LogP contribution in [0.5, 0.6) is 0 Å². The molecule has 2 N–H and O–H groups in total. The molecule has 1 aliphatic carbocycles. The number of benzene rings is 2. The van der Waals surface area contributed by atoms with Crippen LogP contribution >= 0.6 is 0 Å². The fourth-order valence-electron chi connectivity index (χ4n) is 3.47. The van der Waals surface area contributed by atoms with Crippen molar-refractivity contribution in [3.63, 3.8) is 0 Å². The summed E-state index contributed by atoms with van der Waals surface area (Å²) >= 11 is 0. The van der Waals surface area contributed by atoms with Gasteiger partial charge >= 0.3 is 0 Å². The van der Waals surface area contributed by atoms with Crippen molar-refractivity contribution in [1.82, 2.24) is 14.3 Å². The Kier molecular flexibility index (Phi) is 6.87. The number of nitrogens with one attached hydrogen (secondary N) is 2. The van der Waals surface area contributed by atoms with E-state index in [1.54, 1.807) is 43.7 Å². The molecule has 0 spiro atoms. The Bertz CT molecular complexity index is 1300. The molecule has 0 aliphatic heterocycles. The Morgan fingerprint density at radius 1 is 1.03 bits per heavy atom. The van der Waals surface area contributed by atoms with Crippen LogP contribution in [0.1, 0.15) is 24.8 Å². The van der Waals surface area contributed by atoms with Gasteiger partial charge in [0.25, 0.3) is 0 Å². The Morgan fingerprint density at radius 2 is 1.76 bits per heavy atom. The smallest absolute Gasteiger partial charge is 0.240 e. The highest BCUT2D eigenvalue weighted by molar-refractivity contribution is 7.91. The Labute approximate surface area is 195 Å². The molecule has 2 aromatic carbocycles. The minimum absolute atomic E-state index is 0.0334. The third kappa shape index (κ3) is 5.82. The average Bonchev–Trinajstić information content (AvgIpc) is 3.48. The molecule has 10 heteroatoms. The number of sulfone groups is 1. The summed E-state index contributed by atoms with van der Waals surface area (Å²) < 4.78 is 56.5. The van der Waals surface area contributed by atoms with Crippen LogP contribution in [0.4, 0.5) is 5.69 Å². The minimum atomic E-state index is -3.86. The van der Waals surface area contributed by atoms with Crippen LogP contribution in [0.2, 0.25) is 0 Å². The van der Waals surface area contributed by atoms with E-state index in [1.807, 2.05) is 10.8 Å². The summed E-state index contributed by atoms with van der Waals surface area (Å²) in [6.07, 6.45) is 8.19. The zero-order chi connectivity index (χ0) is 23.5. The van der Waals surface area contributed by atoms with E-state index in [2.05, 4.69) is 15.0 Å². The van der Waals surface area contributed by atoms with Crippen molar-refractivity contribution in [3.8, 4) is 0 Å². The van der Waals surface area contributed by atoms with Gasteiger partial charge in [0.1, 0.15) is 0 Å². The molecule has 1 heterocycles. The van der Waals surface area contributed by atoms with Gasteiger partial charge in [-0.15, -0.1) is 0 Å². The van der Waals surface area contributed by atoms with Gasteiger partial charge in [-0.05, 0) is 74.1 Å². The summed E-state index contributed by atoms with van der Waals surface area (Å²) in [4.78, 5) is 3.99. The second-order valence-electron chi connectivity index (χ2n) is 8.33. The second-order valence-corrected chi connectivity index (χ2v) is 12.0. The lowest BCUT2D eigenvalue weighted by atomic mass is 10.2. The highest BCUT2D eigenvalue weighted by Gasteiger charge is 2.24. The third-order valence-corrected chi connectivity index (χ3v) is 9.03. The molecule has 33 heavy (non-hydrogen) atoms. The SMILES string of the molecule is Cc1ccc(S(=O)(=O)c2ccc(NCC3CC3)cc2)cc1S(=O)(=O)NCCCn1ccnc1. The van der Waals surface area contributed by atoms with Crippen molar-refractivity contribution in [3.05, 3.63) is 66.7 Å². The molecule has 3 aromatic rings. The van der Waals surface area contributed by atoms with E-state index in [-0.39, 0.29) is 21.2 Å². The molecular weight excluding hydrogens is 460 g/mol. The van der Waals surface area contributed by atoms with Gasteiger partial charge in [0.05, 0.1) is 21.0 Å². The van der Waals surface area contributed by atoms with E-state index in [0.29, 0.717) is 24.4 Å². The first kappa shape index (κ1) is 23.5. The predicted octanol–water partition coefficient (Wildman–Crippen LogP) is 3.21. The number of anilines is 1. The Balaban J connectivity index is 1.47. The quantitative estimate of drug-likeness (QED) is 0.401. The summed E-state index contributed by atoms with van der Waals surface area (Å²) in [5.41, 5.74) is 1.35. The van der Waals surface area contributed by atoms with E-state index in [0.717, 1.165) is 12.2 Å². The van der Waals surface area contributed by atoms with Crippen LogP contribution in [0.15, 0.2) is 75.9 Å². The van der Waals surface area contributed by atoms with Crippen LogP contribution < -0.4 is 10.0 Å². The van der Waals surface area contributed by atoms with E-state index in [1.165, 1.54) is 31.0 Å². The van der Waals surface area contributed by atoms with Gasteiger partial charge in [-0.25, -0.2) is 26.5 Å². The zero-order valence-electron chi connectivity index (χ0n) is 18.4. The number of nitrogens with zero attached hydrogens (tertiary/aromatic N) is 2. The van der Waals surface area contributed by atoms with Crippen LogP contribution in [-0.4, -0.2) is 39.5 Å². The fraction of sp³-hybridized carbons (Fsp3) is 0.348. The van der Waals surface area contributed by atoms with Gasteiger partial charge in [-0.3, -0.25) is 0 Å². The number of imidazole rings is 1. The Morgan fingerprint density at radius 3 is 2.42 bits per heavy atom. The van der Waals surface area contributed by atoms with Gasteiger partial charge < -0.3 is 9.88 Å². The number of sulfonamides is 1. The monoisotopic (exact) mass is 488 g/mol. The summed E-state index contributed by atoms with van der Waals surface area (Å²) in [5.74, 6) is 0.709. The lowest BCUT2D eigenvalue weighted by Gasteiger charge is -2.12. The second kappa shape index (κ2) is 9.66. The summed E-state index contributed by atoms with van der Waals surface area (Å²) in [7, 11) is -7.72. The van der Waals surface area contributed by atoms with E-state index >= 15 is 0 Å². The molecule has 0 saturated heterocycles. The fourth-order valence-corrected chi connectivity index (χ4v) is 6.18. The van der Waals surface area contributed by atoms with Gasteiger partial charge in [0, 0.05) is 37.7 Å². The number of hydrogen-bond acceptors (Lipinski definition) is 6. The topological polar surface area (TPSA) is 110 Å². The maximum absolute atomic E-state index is 13.2. The molecular formula is C23H28N4O4S2. The molecule has 176 valence electrons. The van der Waals surface area contributed by atoms with Crippen LogP contribution in [-0.2, 0) is 26.4 Å². The Hall–Kier alpha value is -2.69. The lowest BCUT2D eigenvalue weighted by Crippen LogP contribution is -2.26. The predicted molar refractivity (Wildman–Crippen MR) is 126 cm³/mol. The molecule has 4 rings (SSSR count). The molecule has 0 unspecified atom stereocenters. The molecule has 1 fully saturated rings. The third-order valence-electron chi connectivity index (χ3n) is 5.66. The van der Waals surface area contributed by atoms with Gasteiger partial charge in [0.2, 0.25) is 19.9 Å². The maximum atomic E-state index is 13.2. The van der Waals surface area contributed by atoms with Crippen molar-refractivity contribution >= 4 is 25.5 Å². The van der Waals surface area contributed by atoms with Crippen molar-refractivity contribution in [2.24, 2.45) is 5.92 Å². The largest absolute Gasteiger partial charge is 0.385 e. The number of aromatic nitrogens is 2. The van der Waals surface area contributed by atoms with E-state index < -0.39 is 19.9 Å². The van der Waals surface area contributed by atoms with Gasteiger partial charge in [-0.2, -0.15) is 0 Å². The van der Waals surface area contributed by atoms with E-state index in [9.17, 15) is 16.8 Å². The summed E-state index contributed by atoms with van der Waals surface area (Å²) in [6, 6.07) is 10.8. The van der Waals surface area contributed by atoms with Crippen LogP contribution in [0.3, 0.4) is 0 Å². The number of aryl methyl sites for hydroxylation is 2. The molecule has 0 radical (unpaired) electrons. The van der Waals surface area contributed by atoms with Crippen molar-refractivity contribution < 1.29 is 16.8 Å². The molecule has 0 bridgehead atoms. The number of rotatable bonds is 11. The standard InChI is InChI=1S/C23H28N4O4S2/c1-18-3-8-22(15-23(18)33(30,31)26-11-2-13-27-14-12-24-17-27)32(28,29)21-9-6-20(7-10-21)25-16-19-4-5-19/h3,6-10,12,14-15,17,19,25-26H,2,4-5,11,13,16H2,1H3. The van der Waals surface area contributed by atoms with Crippen molar-refractivity contribution in [2.75, 3.05) is 18.4 Å². The van der Waals surface area contributed by atoms with Gasteiger partial charge in [-0.1, -0.05) is 6.07 Å². The lowest BCUT2D eigenvalue weighted by molar-refractivity contribution is 0.569.